The van der Waals surface area contributed by atoms with Crippen molar-refractivity contribution in [3.05, 3.63) is 102 Å². The molecule has 2 saturated heterocycles. The van der Waals surface area contributed by atoms with Crippen molar-refractivity contribution in [2.24, 2.45) is 11.7 Å². The number of pyridine rings is 1. The quantitative estimate of drug-likeness (QED) is 0.0312. The molecule has 0 unspecified atom stereocenters. The predicted molar refractivity (Wildman–Crippen MR) is 254 cm³/mol. The molecule has 4 heterocycles. The maximum Gasteiger partial charge on any atom is 0.490 e. The van der Waals surface area contributed by atoms with E-state index in [-0.39, 0.29) is 55.1 Å². The van der Waals surface area contributed by atoms with Crippen LogP contribution in [0.25, 0.3) is 6.08 Å². The third-order valence-electron chi connectivity index (χ3n) is 12.0. The van der Waals surface area contributed by atoms with E-state index in [1.807, 2.05) is 15.5 Å². The number of halogens is 3. The van der Waals surface area contributed by atoms with Gasteiger partial charge in [-0.2, -0.15) is 13.2 Å². The molecule has 2 aromatic carbocycles. The lowest BCUT2D eigenvalue weighted by Crippen LogP contribution is -2.61. The number of hydrogen-bond donors (Lipinski definition) is 10. The van der Waals surface area contributed by atoms with Crippen LogP contribution in [0.5, 0.6) is 11.5 Å². The van der Waals surface area contributed by atoms with Crippen LogP contribution in [0.1, 0.15) is 60.0 Å². The summed E-state index contributed by atoms with van der Waals surface area (Å²) in [6.45, 7) is 1.47. The Labute approximate surface area is 426 Å². The van der Waals surface area contributed by atoms with Crippen molar-refractivity contribution in [1.82, 2.24) is 20.4 Å². The second-order valence-corrected chi connectivity index (χ2v) is 17.4. The highest BCUT2D eigenvalue weighted by molar-refractivity contribution is 6.15. The van der Waals surface area contributed by atoms with Crippen molar-refractivity contribution < 1.29 is 96.2 Å². The fourth-order valence-electron chi connectivity index (χ4n) is 8.03. The first-order valence-corrected chi connectivity index (χ1v) is 23.4. The third kappa shape index (κ3) is 16.9. The lowest BCUT2D eigenvalue weighted by atomic mass is 9.91. The number of phenolic OH excluding ortho intramolecular Hbond substituents is 1. The molecule has 6 rings (SSSR count). The first-order chi connectivity index (χ1) is 35.6. The minimum Gasteiger partial charge on any atom is -0.508 e. The highest BCUT2D eigenvalue weighted by Gasteiger charge is 2.48. The number of aliphatic hydroxyl groups excluding tert-OH is 3. The summed E-state index contributed by atoms with van der Waals surface area (Å²) in [5.74, 6) is -7.08. The van der Waals surface area contributed by atoms with Crippen LogP contribution in [0.2, 0.25) is 0 Å². The Balaban J connectivity index is 0.00000138. The van der Waals surface area contributed by atoms with Gasteiger partial charge >= 0.3 is 18.1 Å². The van der Waals surface area contributed by atoms with E-state index in [1.165, 1.54) is 30.3 Å². The minimum absolute atomic E-state index is 0.0258. The van der Waals surface area contributed by atoms with Gasteiger partial charge in [0.1, 0.15) is 35.9 Å². The summed E-state index contributed by atoms with van der Waals surface area (Å²) in [6, 6.07) is 13.2. The number of likely N-dealkylation sites (tertiary alicyclic amines) is 1. The van der Waals surface area contributed by atoms with E-state index < -0.39 is 78.5 Å². The Morgan fingerprint density at radius 2 is 1.59 bits per heavy atom. The highest BCUT2D eigenvalue weighted by atomic mass is 19.4. The third-order valence-corrected chi connectivity index (χ3v) is 12.0. The number of carbonyl (C=O) groups excluding carboxylic acids is 6. The number of amides is 6. The number of nitrogens with one attached hydrogen (secondary N) is 3. The SMILES string of the molecule is NC[C@@H](C(=O)NCCC(=O)Nc1cc(C[n+]2cccc(/C=C/C(=O)NCCCCC3CCN(C(=O)c4cccc(O)c4)CC3)c2)ccc1O[C@@H]1O[C@H](C(=O)O)[C@@H](O)[C@H](O)[C@H]1O)N1C(=O)C=CC1=O.O=C(O)C(F)(F)F. The molecule has 11 N–H and O–H groups in total. The Morgan fingerprint density at radius 3 is 2.23 bits per heavy atom. The molecule has 6 amide bonds. The fourth-order valence-corrected chi connectivity index (χ4v) is 8.03. The number of aliphatic carboxylic acids is 2. The van der Waals surface area contributed by atoms with Crippen LogP contribution in [-0.2, 0) is 44.8 Å². The number of ether oxygens (including phenoxy) is 2. The second-order valence-electron chi connectivity index (χ2n) is 17.4. The number of unbranched alkanes of at least 4 members (excludes halogenated alkanes) is 1. The van der Waals surface area contributed by atoms with E-state index in [1.54, 1.807) is 42.7 Å². The average molecular weight is 1060 g/mol. The van der Waals surface area contributed by atoms with Crippen molar-refractivity contribution in [3.63, 3.8) is 0 Å². The summed E-state index contributed by atoms with van der Waals surface area (Å²) in [6.07, 6.45) is -1.74. The lowest BCUT2D eigenvalue weighted by Gasteiger charge is -2.38. The van der Waals surface area contributed by atoms with Gasteiger partial charge in [-0.15, -0.1) is 0 Å². The monoisotopic (exact) mass is 1060 g/mol. The lowest BCUT2D eigenvalue weighted by molar-refractivity contribution is -0.688. The zero-order valence-corrected chi connectivity index (χ0v) is 40.0. The fraction of sp³-hybridized carbons (Fsp3) is 0.408. The first-order valence-electron chi connectivity index (χ1n) is 23.4. The van der Waals surface area contributed by atoms with Crippen molar-refractivity contribution in [3.8, 4) is 11.5 Å². The summed E-state index contributed by atoms with van der Waals surface area (Å²) < 4.78 is 44.6. The van der Waals surface area contributed by atoms with Crippen LogP contribution in [0, 0.1) is 5.92 Å². The number of nitrogens with two attached hydrogens (primary N) is 1. The number of alkyl halides is 3. The van der Waals surface area contributed by atoms with Crippen LogP contribution in [0.4, 0.5) is 18.9 Å². The van der Waals surface area contributed by atoms with Gasteiger partial charge in [0.2, 0.25) is 24.0 Å². The number of imide groups is 1. The molecule has 3 aliphatic rings. The van der Waals surface area contributed by atoms with E-state index in [9.17, 15) is 72.3 Å². The number of anilines is 1. The molecule has 404 valence electrons. The van der Waals surface area contributed by atoms with Crippen molar-refractivity contribution in [1.29, 1.82) is 0 Å². The van der Waals surface area contributed by atoms with Crippen molar-refractivity contribution >= 4 is 59.1 Å². The molecule has 0 spiro atoms. The topological polar surface area (TPSA) is 349 Å². The Kier molecular flexibility index (Phi) is 20.9. The largest absolute Gasteiger partial charge is 0.508 e. The van der Waals surface area contributed by atoms with E-state index >= 15 is 0 Å². The number of aromatic nitrogens is 1. The molecular weight excluding hydrogens is 1000 g/mol. The van der Waals surface area contributed by atoms with Gasteiger partial charge in [-0.3, -0.25) is 33.7 Å². The van der Waals surface area contributed by atoms with E-state index in [0.29, 0.717) is 47.1 Å². The second kappa shape index (κ2) is 27.0. The standard InChI is InChI=1S/C47H55N7O14.C2HF3O2/c48-25-34(54-38(58)13-14-39(54)59)44(63)50-19-15-37(57)51-33-23-30(9-11-35(33)67-47-42(62)40(60)41(61)43(68-47)46(65)66)27-52-20-4-6-29(26-52)10-12-36(56)49-18-2-1-5-28-16-21-53(22-17-28)45(64)31-7-3-8-32(55)24-31;3-2(4,5)1(6)7/h3-4,6-14,20,23-24,26,28,34,40-43,47,60-62H,1-2,5,15-19,21-22,25,27,48H2,(H4-,49,50,51,55,56,57,63,65,66);(H,6,7)/p+1/b12-10+;/t34-,40-,41-,42+,43-,47+;/m0./s1. The van der Waals surface area contributed by atoms with E-state index in [4.69, 9.17) is 25.1 Å². The maximum absolute atomic E-state index is 13.3. The summed E-state index contributed by atoms with van der Waals surface area (Å²) in [4.78, 5) is 98.9. The highest BCUT2D eigenvalue weighted by Crippen LogP contribution is 2.31. The molecule has 6 atom stereocenters. The predicted octanol–water partition coefficient (Wildman–Crippen LogP) is 0.182. The van der Waals surface area contributed by atoms with Crippen molar-refractivity contribution in [2.45, 2.75) is 88.0 Å². The number of carboxylic acids is 2. The van der Waals surface area contributed by atoms with Gasteiger partial charge in [0.25, 0.3) is 17.7 Å². The molecule has 75 heavy (non-hydrogen) atoms. The van der Waals surface area contributed by atoms with Gasteiger partial charge in [-0.05, 0) is 73.7 Å². The van der Waals surface area contributed by atoms with E-state index in [2.05, 4.69) is 16.0 Å². The van der Waals surface area contributed by atoms with Crippen LogP contribution < -0.4 is 31.0 Å². The number of carbonyl (C=O) groups is 8. The molecule has 23 nitrogen and oxygen atoms in total. The summed E-state index contributed by atoms with van der Waals surface area (Å²) in [5, 5.41) is 65.5. The van der Waals surface area contributed by atoms with E-state index in [0.717, 1.165) is 44.3 Å². The minimum atomic E-state index is -5.08. The molecular formula is C49H57F3N7O16+. The van der Waals surface area contributed by atoms with Crippen LogP contribution in [0.15, 0.2) is 85.2 Å². The van der Waals surface area contributed by atoms with Gasteiger partial charge in [0.05, 0.1) is 5.69 Å². The molecule has 0 saturated carbocycles. The smallest absolute Gasteiger partial charge is 0.490 e. The number of aromatic hydroxyl groups is 1. The summed E-state index contributed by atoms with van der Waals surface area (Å²) >= 11 is 0. The number of hydrogen-bond acceptors (Lipinski definition) is 15. The molecule has 1 aromatic heterocycles. The van der Waals surface area contributed by atoms with Crippen LogP contribution in [-0.4, -0.2) is 163 Å². The van der Waals surface area contributed by atoms with Crippen LogP contribution >= 0.6 is 0 Å². The normalized spacial score (nSPS) is 20.2. The summed E-state index contributed by atoms with van der Waals surface area (Å²) in [5.41, 5.74) is 7.49. The molecule has 0 radical (unpaired) electrons. The maximum atomic E-state index is 13.3. The number of benzene rings is 2. The number of phenols is 1. The zero-order chi connectivity index (χ0) is 55.0. The Bertz CT molecular complexity index is 2610. The molecule has 26 heteroatoms. The number of rotatable bonds is 20. The van der Waals surface area contributed by atoms with Gasteiger partial charge < -0.3 is 66.7 Å². The summed E-state index contributed by atoms with van der Waals surface area (Å²) in [7, 11) is 0. The molecule has 2 fully saturated rings. The average Bonchev–Trinajstić information content (AvgIpc) is 3.70. The first kappa shape index (κ1) is 58.1. The molecule has 0 bridgehead atoms. The zero-order valence-electron chi connectivity index (χ0n) is 40.0. The Hall–Kier alpha value is -7.78. The number of carboxylic acid groups (broad SMARTS) is 2. The van der Waals surface area contributed by atoms with Gasteiger partial charge in [0, 0.05) is 80.1 Å². The molecule has 0 aliphatic carbocycles. The van der Waals surface area contributed by atoms with Gasteiger partial charge in [-0.25, -0.2) is 14.2 Å². The van der Waals surface area contributed by atoms with Crippen molar-refractivity contribution in [2.75, 3.05) is 38.0 Å². The van der Waals surface area contributed by atoms with Crippen LogP contribution in [0.3, 0.4) is 0 Å². The number of nitrogens with zero attached hydrogens (tertiary/aromatic N) is 3. The molecule has 3 aliphatic heterocycles. The van der Waals surface area contributed by atoms with Gasteiger partial charge in [0.15, 0.2) is 25.0 Å². The van der Waals surface area contributed by atoms with Gasteiger partial charge in [-0.1, -0.05) is 18.9 Å². The number of aliphatic hydroxyl groups is 3. The Morgan fingerprint density at radius 1 is 0.893 bits per heavy atom. The molecule has 3 aromatic rings. The number of piperidine rings is 1.